The van der Waals surface area contributed by atoms with Crippen LogP contribution in [0.5, 0.6) is 11.5 Å². The molecule has 1 aromatic carbocycles. The standard InChI is InChI=1S/C12H14N4O4/c1-7-15-12(20-16-7)8-4-10(18-2)11(19-3)5-9(8)13-6-14-17/h4-6,17H,1-3H3,(H,13,14). The number of nitrogens with one attached hydrogen (secondary N) is 1. The van der Waals surface area contributed by atoms with E-state index in [0.717, 1.165) is 6.34 Å². The van der Waals surface area contributed by atoms with Crippen LogP contribution >= 0.6 is 0 Å². The van der Waals surface area contributed by atoms with Gasteiger partial charge in [-0.15, -0.1) is 0 Å². The normalized spacial score (nSPS) is 10.8. The third kappa shape index (κ3) is 2.69. The van der Waals surface area contributed by atoms with Gasteiger partial charge in [0.2, 0.25) is 0 Å². The molecule has 1 heterocycles. The van der Waals surface area contributed by atoms with Crippen molar-refractivity contribution in [1.29, 1.82) is 0 Å². The van der Waals surface area contributed by atoms with Gasteiger partial charge in [0.25, 0.3) is 5.89 Å². The molecule has 0 radical (unpaired) electrons. The second kappa shape index (κ2) is 6.02. The predicted octanol–water partition coefficient (Wildman–Crippen LogP) is 1.70. The molecular weight excluding hydrogens is 264 g/mol. The Balaban J connectivity index is 2.59. The van der Waals surface area contributed by atoms with E-state index in [9.17, 15) is 0 Å². The molecule has 0 bridgehead atoms. The third-order valence-electron chi connectivity index (χ3n) is 2.52. The maximum absolute atomic E-state index is 8.61. The van der Waals surface area contributed by atoms with E-state index in [0.29, 0.717) is 34.5 Å². The molecule has 106 valence electrons. The highest BCUT2D eigenvalue weighted by Gasteiger charge is 2.16. The summed E-state index contributed by atoms with van der Waals surface area (Å²) in [6, 6.07) is 3.32. The molecule has 0 unspecified atom stereocenters. The van der Waals surface area contributed by atoms with Gasteiger partial charge in [-0.05, 0) is 13.0 Å². The number of benzene rings is 1. The van der Waals surface area contributed by atoms with Crippen molar-refractivity contribution in [2.45, 2.75) is 6.92 Å². The van der Waals surface area contributed by atoms with Gasteiger partial charge in [-0.1, -0.05) is 5.16 Å². The van der Waals surface area contributed by atoms with Gasteiger partial charge < -0.3 is 14.0 Å². The summed E-state index contributed by atoms with van der Waals surface area (Å²) in [5.41, 5.74) is 2.88. The van der Waals surface area contributed by atoms with Crippen LogP contribution in [-0.4, -0.2) is 35.9 Å². The summed E-state index contributed by atoms with van der Waals surface area (Å²) in [5, 5.41) is 12.4. The minimum atomic E-state index is 0.300. The molecule has 0 saturated carbocycles. The number of hydrogen-bond donors (Lipinski definition) is 2. The van der Waals surface area contributed by atoms with Crippen molar-refractivity contribution in [3.05, 3.63) is 18.0 Å². The van der Waals surface area contributed by atoms with Crippen LogP contribution in [0.1, 0.15) is 5.82 Å². The van der Waals surface area contributed by atoms with Gasteiger partial charge >= 0.3 is 0 Å². The average Bonchev–Trinajstić information content (AvgIpc) is 2.90. The van der Waals surface area contributed by atoms with Crippen LogP contribution in [0.4, 0.5) is 5.69 Å². The van der Waals surface area contributed by atoms with Gasteiger partial charge in [-0.3, -0.25) is 10.7 Å². The van der Waals surface area contributed by atoms with Crippen molar-refractivity contribution in [2.75, 3.05) is 14.2 Å². The molecule has 0 saturated heterocycles. The maximum Gasteiger partial charge on any atom is 0.260 e. The lowest BCUT2D eigenvalue weighted by Gasteiger charge is -2.10. The van der Waals surface area contributed by atoms with E-state index in [-0.39, 0.29) is 0 Å². The highest BCUT2D eigenvalue weighted by molar-refractivity contribution is 5.77. The molecule has 0 fully saturated rings. The van der Waals surface area contributed by atoms with Gasteiger partial charge in [-0.25, -0.2) is 4.99 Å². The first kappa shape index (κ1) is 13.8. The zero-order chi connectivity index (χ0) is 14.5. The minimum absolute atomic E-state index is 0.300. The van der Waals surface area contributed by atoms with Crippen molar-refractivity contribution in [1.82, 2.24) is 15.6 Å². The van der Waals surface area contributed by atoms with E-state index in [1.807, 2.05) is 5.48 Å². The first-order valence-electron chi connectivity index (χ1n) is 5.68. The van der Waals surface area contributed by atoms with Crippen molar-refractivity contribution in [3.63, 3.8) is 0 Å². The Kier molecular flexibility index (Phi) is 4.16. The molecule has 2 N–H and O–H groups in total. The number of methoxy groups -OCH3 is 2. The van der Waals surface area contributed by atoms with E-state index in [1.54, 1.807) is 19.1 Å². The Labute approximate surface area is 115 Å². The Hall–Kier alpha value is -2.61. The lowest BCUT2D eigenvalue weighted by Crippen LogP contribution is -2.01. The Bertz CT molecular complexity index is 624. The summed E-state index contributed by atoms with van der Waals surface area (Å²) in [5.74, 6) is 1.81. The number of aryl methyl sites for hydroxylation is 1. The number of aromatic nitrogens is 2. The van der Waals surface area contributed by atoms with Crippen LogP contribution in [-0.2, 0) is 0 Å². The number of rotatable bonds is 5. The van der Waals surface area contributed by atoms with Crippen molar-refractivity contribution in [2.24, 2.45) is 4.99 Å². The van der Waals surface area contributed by atoms with Crippen LogP contribution in [0.25, 0.3) is 11.5 Å². The highest BCUT2D eigenvalue weighted by Crippen LogP contribution is 2.39. The predicted molar refractivity (Wildman–Crippen MR) is 70.6 cm³/mol. The molecule has 0 atom stereocenters. The van der Waals surface area contributed by atoms with Crippen LogP contribution in [0.15, 0.2) is 21.6 Å². The van der Waals surface area contributed by atoms with E-state index >= 15 is 0 Å². The van der Waals surface area contributed by atoms with Gasteiger partial charge in [0, 0.05) is 6.07 Å². The number of ether oxygens (including phenoxy) is 2. The monoisotopic (exact) mass is 278 g/mol. The quantitative estimate of drug-likeness (QED) is 0.487. The summed E-state index contributed by atoms with van der Waals surface area (Å²) >= 11 is 0. The summed E-state index contributed by atoms with van der Waals surface area (Å²) in [6.45, 7) is 1.71. The van der Waals surface area contributed by atoms with Crippen molar-refractivity contribution < 1.29 is 19.2 Å². The summed E-state index contributed by atoms with van der Waals surface area (Å²) < 4.78 is 15.6. The molecule has 2 rings (SSSR count). The molecular formula is C12H14N4O4. The average molecular weight is 278 g/mol. The van der Waals surface area contributed by atoms with Crippen LogP contribution in [0, 0.1) is 6.92 Å². The van der Waals surface area contributed by atoms with Gasteiger partial charge in [0.15, 0.2) is 17.3 Å². The second-order valence-electron chi connectivity index (χ2n) is 3.76. The molecule has 8 heteroatoms. The molecule has 0 aliphatic carbocycles. The SMILES string of the molecule is COc1cc(N=CNO)c(-c2nc(C)no2)cc1OC. The van der Waals surface area contributed by atoms with Crippen LogP contribution < -0.4 is 15.0 Å². The molecule has 0 amide bonds. The van der Waals surface area contributed by atoms with E-state index < -0.39 is 0 Å². The van der Waals surface area contributed by atoms with Gasteiger partial charge in [0.1, 0.15) is 6.34 Å². The fourth-order valence-corrected chi connectivity index (χ4v) is 1.65. The fraction of sp³-hybridized carbons (Fsp3) is 0.250. The Morgan fingerprint density at radius 2 is 2.00 bits per heavy atom. The first-order valence-corrected chi connectivity index (χ1v) is 5.68. The third-order valence-corrected chi connectivity index (χ3v) is 2.52. The largest absolute Gasteiger partial charge is 0.493 e. The molecule has 8 nitrogen and oxygen atoms in total. The zero-order valence-corrected chi connectivity index (χ0v) is 11.2. The van der Waals surface area contributed by atoms with Crippen molar-refractivity contribution in [3.8, 4) is 23.0 Å². The minimum Gasteiger partial charge on any atom is -0.493 e. The molecule has 0 aliphatic rings. The summed E-state index contributed by atoms with van der Waals surface area (Å²) in [4.78, 5) is 8.19. The maximum atomic E-state index is 8.61. The van der Waals surface area contributed by atoms with E-state index in [4.69, 9.17) is 19.2 Å². The lowest BCUT2D eigenvalue weighted by molar-refractivity contribution is 0.240. The number of aliphatic imine (C=N–C) groups is 1. The first-order chi connectivity index (χ1) is 9.69. The Morgan fingerprint density at radius 3 is 2.55 bits per heavy atom. The number of hydroxylamine groups is 1. The van der Waals surface area contributed by atoms with Crippen LogP contribution in [0.3, 0.4) is 0 Å². The molecule has 2 aromatic rings. The smallest absolute Gasteiger partial charge is 0.260 e. The molecule has 0 aliphatic heterocycles. The lowest BCUT2D eigenvalue weighted by atomic mass is 10.1. The molecule has 0 spiro atoms. The van der Waals surface area contributed by atoms with Crippen molar-refractivity contribution >= 4 is 12.0 Å². The second-order valence-corrected chi connectivity index (χ2v) is 3.76. The van der Waals surface area contributed by atoms with Crippen LogP contribution in [0.2, 0.25) is 0 Å². The molecule has 20 heavy (non-hydrogen) atoms. The van der Waals surface area contributed by atoms with E-state index in [2.05, 4.69) is 15.1 Å². The fourth-order valence-electron chi connectivity index (χ4n) is 1.65. The zero-order valence-electron chi connectivity index (χ0n) is 11.2. The summed E-state index contributed by atoms with van der Waals surface area (Å²) in [6.07, 6.45) is 1.12. The summed E-state index contributed by atoms with van der Waals surface area (Å²) in [7, 11) is 3.05. The van der Waals surface area contributed by atoms with Gasteiger partial charge in [0.05, 0.1) is 25.5 Å². The molecule has 1 aromatic heterocycles. The topological polar surface area (TPSA) is 102 Å². The number of nitrogens with zero attached hydrogens (tertiary/aromatic N) is 3. The Morgan fingerprint density at radius 1 is 1.30 bits per heavy atom. The number of hydrogen-bond acceptors (Lipinski definition) is 7. The van der Waals surface area contributed by atoms with E-state index in [1.165, 1.54) is 14.2 Å². The highest BCUT2D eigenvalue weighted by atomic mass is 16.5. The van der Waals surface area contributed by atoms with Gasteiger partial charge in [-0.2, -0.15) is 4.98 Å².